The predicted octanol–water partition coefficient (Wildman–Crippen LogP) is 4.90. The molecule has 2 unspecified atom stereocenters. The maximum absolute atomic E-state index is 14.5. The van der Waals surface area contributed by atoms with Crippen LogP contribution >= 0.6 is 0 Å². The van der Waals surface area contributed by atoms with E-state index in [4.69, 9.17) is 0 Å². The Kier molecular flexibility index (Phi) is 5.13. The molecule has 0 aromatic heterocycles. The van der Waals surface area contributed by atoms with Crippen LogP contribution in [-0.4, -0.2) is 7.05 Å². The average molecular weight is 285 g/mol. The maximum Gasteiger partial charge on any atom is 0.128 e. The first kappa shape index (κ1) is 15.7. The molecule has 2 heteroatoms. The SMILES string of the molecule is CCC(c1ccccc1)C(NC)c1c(C)cc(C)cc1F. The van der Waals surface area contributed by atoms with Crippen LogP contribution in [0, 0.1) is 19.7 Å². The van der Waals surface area contributed by atoms with E-state index in [2.05, 4.69) is 30.4 Å². The number of aryl methyl sites for hydroxylation is 2. The summed E-state index contributed by atoms with van der Waals surface area (Å²) in [7, 11) is 1.91. The van der Waals surface area contributed by atoms with E-state index in [1.807, 2.05) is 39.1 Å². The number of nitrogens with one attached hydrogen (secondary N) is 1. The highest BCUT2D eigenvalue weighted by Gasteiger charge is 2.26. The van der Waals surface area contributed by atoms with Crippen molar-refractivity contribution in [3.63, 3.8) is 0 Å². The Balaban J connectivity index is 2.48. The molecular formula is C19H24FN. The van der Waals surface area contributed by atoms with Crippen molar-refractivity contribution in [1.29, 1.82) is 0 Å². The lowest BCUT2D eigenvalue weighted by atomic mass is 9.83. The quantitative estimate of drug-likeness (QED) is 0.824. The summed E-state index contributed by atoms with van der Waals surface area (Å²) in [4.78, 5) is 0. The van der Waals surface area contributed by atoms with Crippen LogP contribution in [0.25, 0.3) is 0 Å². The highest BCUT2D eigenvalue weighted by molar-refractivity contribution is 5.37. The largest absolute Gasteiger partial charge is 0.312 e. The van der Waals surface area contributed by atoms with Gasteiger partial charge in [-0.05, 0) is 50.1 Å². The van der Waals surface area contributed by atoms with Gasteiger partial charge in [0.15, 0.2) is 0 Å². The number of halogens is 1. The van der Waals surface area contributed by atoms with Crippen molar-refractivity contribution >= 4 is 0 Å². The summed E-state index contributed by atoms with van der Waals surface area (Å²) in [5.74, 6) is 0.147. The average Bonchev–Trinajstić information content (AvgIpc) is 2.46. The molecule has 2 atom stereocenters. The zero-order chi connectivity index (χ0) is 15.4. The zero-order valence-corrected chi connectivity index (χ0v) is 13.3. The summed E-state index contributed by atoms with van der Waals surface area (Å²) in [6.07, 6.45) is 0.961. The molecular weight excluding hydrogens is 261 g/mol. The first-order valence-electron chi connectivity index (χ1n) is 7.57. The molecule has 0 heterocycles. The smallest absolute Gasteiger partial charge is 0.128 e. The van der Waals surface area contributed by atoms with Gasteiger partial charge in [0.25, 0.3) is 0 Å². The van der Waals surface area contributed by atoms with Crippen molar-refractivity contribution in [2.24, 2.45) is 0 Å². The van der Waals surface area contributed by atoms with Crippen molar-refractivity contribution in [2.45, 2.75) is 39.2 Å². The van der Waals surface area contributed by atoms with Gasteiger partial charge in [-0.1, -0.05) is 43.3 Å². The number of likely N-dealkylation sites (N-methyl/N-ethyl adjacent to an activating group) is 1. The van der Waals surface area contributed by atoms with Crippen molar-refractivity contribution < 1.29 is 4.39 Å². The van der Waals surface area contributed by atoms with Crippen LogP contribution < -0.4 is 5.32 Å². The molecule has 0 spiro atoms. The van der Waals surface area contributed by atoms with Gasteiger partial charge < -0.3 is 5.32 Å². The third kappa shape index (κ3) is 3.33. The second-order valence-corrected chi connectivity index (χ2v) is 5.67. The van der Waals surface area contributed by atoms with E-state index in [0.29, 0.717) is 0 Å². The number of benzene rings is 2. The van der Waals surface area contributed by atoms with Crippen LogP contribution in [0.15, 0.2) is 42.5 Å². The Labute approximate surface area is 127 Å². The third-order valence-electron chi connectivity index (χ3n) is 4.17. The molecule has 0 aliphatic rings. The molecule has 0 amide bonds. The fraction of sp³-hybridized carbons (Fsp3) is 0.368. The van der Waals surface area contributed by atoms with Gasteiger partial charge >= 0.3 is 0 Å². The minimum absolute atomic E-state index is 0.0157. The third-order valence-corrected chi connectivity index (χ3v) is 4.17. The van der Waals surface area contributed by atoms with Gasteiger partial charge in [0.2, 0.25) is 0 Å². The van der Waals surface area contributed by atoms with Crippen molar-refractivity contribution in [3.8, 4) is 0 Å². The van der Waals surface area contributed by atoms with Crippen molar-refractivity contribution in [1.82, 2.24) is 5.32 Å². The minimum Gasteiger partial charge on any atom is -0.312 e. The Hall–Kier alpha value is -1.67. The lowest BCUT2D eigenvalue weighted by Gasteiger charge is -2.28. The van der Waals surface area contributed by atoms with Gasteiger partial charge in [-0.25, -0.2) is 4.39 Å². The fourth-order valence-corrected chi connectivity index (χ4v) is 3.23. The molecule has 1 nitrogen and oxygen atoms in total. The number of hydrogen-bond acceptors (Lipinski definition) is 1. The van der Waals surface area contributed by atoms with Crippen LogP contribution in [0.5, 0.6) is 0 Å². The summed E-state index contributed by atoms with van der Waals surface area (Å²) < 4.78 is 14.5. The number of rotatable bonds is 5. The summed E-state index contributed by atoms with van der Waals surface area (Å²) in [6.45, 7) is 6.08. The highest BCUT2D eigenvalue weighted by atomic mass is 19.1. The predicted molar refractivity (Wildman–Crippen MR) is 87.1 cm³/mol. The van der Waals surface area contributed by atoms with Gasteiger partial charge in [-0.15, -0.1) is 0 Å². The van der Waals surface area contributed by atoms with Crippen molar-refractivity contribution in [2.75, 3.05) is 7.05 Å². The first-order valence-corrected chi connectivity index (χ1v) is 7.57. The van der Waals surface area contributed by atoms with Crippen molar-refractivity contribution in [3.05, 3.63) is 70.5 Å². The molecule has 0 aliphatic carbocycles. The maximum atomic E-state index is 14.5. The van der Waals surface area contributed by atoms with Crippen LogP contribution in [0.4, 0.5) is 4.39 Å². The molecule has 0 saturated carbocycles. The molecule has 0 bridgehead atoms. The molecule has 112 valence electrons. The Morgan fingerprint density at radius 3 is 2.29 bits per heavy atom. The van der Waals surface area contributed by atoms with Gasteiger partial charge in [0, 0.05) is 17.5 Å². The summed E-state index contributed by atoms with van der Waals surface area (Å²) >= 11 is 0. The lowest BCUT2D eigenvalue weighted by Crippen LogP contribution is -2.25. The van der Waals surface area contributed by atoms with E-state index >= 15 is 0 Å². The molecule has 0 aliphatic heterocycles. The fourth-order valence-electron chi connectivity index (χ4n) is 3.23. The molecule has 2 aromatic carbocycles. The summed E-state index contributed by atoms with van der Waals surface area (Å²) in [5, 5.41) is 3.33. The number of hydrogen-bond donors (Lipinski definition) is 1. The molecule has 0 fully saturated rings. The van der Waals surface area contributed by atoms with Crippen LogP contribution in [0.2, 0.25) is 0 Å². The second-order valence-electron chi connectivity index (χ2n) is 5.67. The monoisotopic (exact) mass is 285 g/mol. The lowest BCUT2D eigenvalue weighted by molar-refractivity contribution is 0.444. The van der Waals surface area contributed by atoms with Gasteiger partial charge in [0.1, 0.15) is 5.82 Å². The summed E-state index contributed by atoms with van der Waals surface area (Å²) in [6, 6.07) is 14.0. The molecule has 1 N–H and O–H groups in total. The molecule has 0 saturated heterocycles. The van der Waals surface area contributed by atoms with E-state index < -0.39 is 0 Å². The molecule has 2 aromatic rings. The van der Waals surface area contributed by atoms with E-state index in [-0.39, 0.29) is 17.8 Å². The van der Waals surface area contributed by atoms with E-state index in [1.165, 1.54) is 5.56 Å². The van der Waals surface area contributed by atoms with Gasteiger partial charge in [-0.3, -0.25) is 0 Å². The molecule has 2 rings (SSSR count). The standard InChI is InChI=1S/C19H24FN/c1-5-16(15-9-7-6-8-10-15)19(21-4)18-14(3)11-13(2)12-17(18)20/h6-12,16,19,21H,5H2,1-4H3. The molecule has 21 heavy (non-hydrogen) atoms. The Morgan fingerprint density at radius 1 is 1.10 bits per heavy atom. The Morgan fingerprint density at radius 2 is 1.76 bits per heavy atom. The normalized spacial score (nSPS) is 14.0. The van der Waals surface area contributed by atoms with Crippen LogP contribution in [-0.2, 0) is 0 Å². The van der Waals surface area contributed by atoms with Gasteiger partial charge in [-0.2, -0.15) is 0 Å². The first-order chi connectivity index (χ1) is 10.1. The van der Waals surface area contributed by atoms with Crippen LogP contribution in [0.3, 0.4) is 0 Å². The Bertz CT molecular complexity index is 569. The van der Waals surface area contributed by atoms with Gasteiger partial charge in [0.05, 0.1) is 0 Å². The van der Waals surface area contributed by atoms with E-state index in [9.17, 15) is 4.39 Å². The topological polar surface area (TPSA) is 12.0 Å². The molecule has 0 radical (unpaired) electrons. The second kappa shape index (κ2) is 6.86. The zero-order valence-electron chi connectivity index (χ0n) is 13.3. The van der Waals surface area contributed by atoms with Crippen LogP contribution in [0.1, 0.15) is 47.6 Å². The summed E-state index contributed by atoms with van der Waals surface area (Å²) in [5.41, 5.74) is 4.02. The van der Waals surface area contributed by atoms with E-state index in [0.717, 1.165) is 23.1 Å². The highest BCUT2D eigenvalue weighted by Crippen LogP contribution is 2.36. The minimum atomic E-state index is -0.110. The van der Waals surface area contributed by atoms with E-state index in [1.54, 1.807) is 6.07 Å².